The fourth-order valence-corrected chi connectivity index (χ4v) is 11.3. The van der Waals surface area contributed by atoms with Crippen molar-refractivity contribution in [3.05, 3.63) is 23.3 Å². The highest BCUT2D eigenvalue weighted by molar-refractivity contribution is 5.79. The predicted octanol–water partition coefficient (Wildman–Crippen LogP) is 6.53. The van der Waals surface area contributed by atoms with E-state index in [0.717, 1.165) is 63.4 Å². The molecule has 1 heterocycles. The largest absolute Gasteiger partial charge is 0.433 e. The van der Waals surface area contributed by atoms with Gasteiger partial charge in [-0.15, -0.1) is 0 Å². The van der Waals surface area contributed by atoms with Crippen molar-refractivity contribution in [1.29, 1.82) is 0 Å². The molecule has 254 valence electrons. The number of allylic oxidation sites excluding steroid dienone is 3. The van der Waals surface area contributed by atoms with Crippen molar-refractivity contribution in [1.82, 2.24) is 0 Å². The molecule has 0 radical (unpaired) electrons. The molecule has 0 aromatic carbocycles. The van der Waals surface area contributed by atoms with Crippen molar-refractivity contribution in [3.8, 4) is 0 Å². The smallest absolute Gasteiger partial charge is 0.311 e. The third-order valence-electron chi connectivity index (χ3n) is 14.4. The molecule has 7 heteroatoms. The van der Waals surface area contributed by atoms with E-state index in [-0.39, 0.29) is 40.1 Å². The number of aliphatic hydroxyl groups is 3. The van der Waals surface area contributed by atoms with Gasteiger partial charge in [0.1, 0.15) is 24.1 Å². The van der Waals surface area contributed by atoms with Gasteiger partial charge in [-0.05, 0) is 111 Å². The highest BCUT2D eigenvalue weighted by atomic mass is 16.7. The average molecular weight is 629 g/mol. The molecule has 0 aromatic heterocycles. The molecule has 3 N–H and O–H groups in total. The Kier molecular flexibility index (Phi) is 9.40. The van der Waals surface area contributed by atoms with Gasteiger partial charge < -0.3 is 24.8 Å². The highest BCUT2D eigenvalue weighted by Crippen LogP contribution is 2.73. The Morgan fingerprint density at radius 1 is 0.956 bits per heavy atom. The van der Waals surface area contributed by atoms with Crippen LogP contribution < -0.4 is 0 Å². The van der Waals surface area contributed by atoms with Crippen LogP contribution in [0.3, 0.4) is 0 Å². The summed E-state index contributed by atoms with van der Waals surface area (Å²) in [6.07, 6.45) is 4.04. The van der Waals surface area contributed by atoms with E-state index in [2.05, 4.69) is 55.0 Å². The second-order valence-electron chi connectivity index (χ2n) is 17.0. The van der Waals surface area contributed by atoms with Crippen LogP contribution in [0.15, 0.2) is 23.3 Å². The minimum atomic E-state index is -1.51. The van der Waals surface area contributed by atoms with Crippen LogP contribution in [-0.2, 0) is 19.1 Å². The predicted molar refractivity (Wildman–Crippen MR) is 174 cm³/mol. The molecular formula is C38H60O7. The lowest BCUT2D eigenvalue weighted by atomic mass is 9.42. The minimum absolute atomic E-state index is 0.0275. The van der Waals surface area contributed by atoms with Crippen LogP contribution in [-0.4, -0.2) is 58.3 Å². The number of carbonyl (C=O) groups is 2. The van der Waals surface area contributed by atoms with E-state index < -0.39 is 36.5 Å². The van der Waals surface area contributed by atoms with Crippen LogP contribution in [0.1, 0.15) is 120 Å². The van der Waals surface area contributed by atoms with E-state index in [1.807, 2.05) is 0 Å². The molecule has 5 aliphatic rings. The lowest BCUT2D eigenvalue weighted by molar-refractivity contribution is -0.265. The first kappa shape index (κ1) is 34.8. The van der Waals surface area contributed by atoms with E-state index in [1.54, 1.807) is 18.1 Å². The molecule has 3 fully saturated rings. The molecule has 45 heavy (non-hydrogen) atoms. The quantitative estimate of drug-likeness (QED) is 0.207. The Labute approximate surface area is 271 Å². The molecule has 0 amide bonds. The van der Waals surface area contributed by atoms with Crippen molar-refractivity contribution < 1.29 is 34.4 Å². The summed E-state index contributed by atoms with van der Waals surface area (Å²) in [5.74, 6) is 0.556. The van der Waals surface area contributed by atoms with Crippen molar-refractivity contribution in [2.24, 2.45) is 51.2 Å². The molecular weight excluding hydrogens is 568 g/mol. The Balaban J connectivity index is 1.45. The number of carbonyl (C=O) groups excluding carboxylic acids is 2. The Morgan fingerprint density at radius 2 is 1.64 bits per heavy atom. The fourth-order valence-electron chi connectivity index (χ4n) is 11.3. The second-order valence-corrected chi connectivity index (χ2v) is 17.0. The van der Waals surface area contributed by atoms with Gasteiger partial charge in [-0.3, -0.25) is 9.59 Å². The van der Waals surface area contributed by atoms with Crippen LogP contribution in [0.5, 0.6) is 0 Å². The molecule has 4 aliphatic carbocycles. The average Bonchev–Trinajstić information content (AvgIpc) is 3.23. The number of Topliss-reactive ketones (excluding diaryl/α,β-unsaturated/α-hetero) is 1. The summed E-state index contributed by atoms with van der Waals surface area (Å²) >= 11 is 0. The molecule has 2 saturated carbocycles. The summed E-state index contributed by atoms with van der Waals surface area (Å²) in [6.45, 7) is 22.1. The number of rotatable bonds is 8. The SMILES string of the molecule is C=C(CC[C@@H](C(=O)O[C@@H]1OC[C@@H](O)[C@H](O)[C@H]1O)[C@H]1CC[C@@]2(C)C3=C(CC[C@]12C)[C@@]1(C)CC[C@@H](C(C)=O)C(C)(C)[C@@H]1CC3)C(C)C. The summed E-state index contributed by atoms with van der Waals surface area (Å²) in [5, 5.41) is 30.7. The summed E-state index contributed by atoms with van der Waals surface area (Å²) in [7, 11) is 0. The zero-order chi connectivity index (χ0) is 33.3. The van der Waals surface area contributed by atoms with Gasteiger partial charge in [0.2, 0.25) is 6.29 Å². The Bertz CT molecular complexity index is 1220. The van der Waals surface area contributed by atoms with Gasteiger partial charge in [0, 0.05) is 5.92 Å². The van der Waals surface area contributed by atoms with Crippen LogP contribution in [0.2, 0.25) is 0 Å². The molecule has 0 spiro atoms. The first-order valence-electron chi connectivity index (χ1n) is 17.7. The van der Waals surface area contributed by atoms with Crippen molar-refractivity contribution >= 4 is 11.8 Å². The normalized spacial score (nSPS) is 43.2. The summed E-state index contributed by atoms with van der Waals surface area (Å²) < 4.78 is 11.3. The van der Waals surface area contributed by atoms with Gasteiger partial charge in [0.15, 0.2) is 0 Å². The highest BCUT2D eigenvalue weighted by Gasteiger charge is 2.64. The van der Waals surface area contributed by atoms with Gasteiger partial charge in [-0.1, -0.05) is 71.8 Å². The number of ether oxygens (including phenoxy) is 2. The van der Waals surface area contributed by atoms with Gasteiger partial charge in [0.05, 0.1) is 12.5 Å². The molecule has 0 unspecified atom stereocenters. The second kappa shape index (κ2) is 12.2. The van der Waals surface area contributed by atoms with E-state index >= 15 is 0 Å². The topological polar surface area (TPSA) is 113 Å². The maximum Gasteiger partial charge on any atom is 0.311 e. The summed E-state index contributed by atoms with van der Waals surface area (Å²) in [6, 6.07) is 0. The third kappa shape index (κ3) is 5.50. The monoisotopic (exact) mass is 628 g/mol. The van der Waals surface area contributed by atoms with E-state index in [1.165, 1.54) is 0 Å². The zero-order valence-corrected chi connectivity index (χ0v) is 29.2. The number of fused-ring (bicyclic) bond motifs is 4. The van der Waals surface area contributed by atoms with Crippen LogP contribution >= 0.6 is 0 Å². The van der Waals surface area contributed by atoms with E-state index in [9.17, 15) is 24.9 Å². The third-order valence-corrected chi connectivity index (χ3v) is 14.4. The molecule has 0 bridgehead atoms. The number of hydrogen-bond donors (Lipinski definition) is 3. The van der Waals surface area contributed by atoms with Crippen molar-refractivity contribution in [2.45, 2.75) is 144 Å². The fraction of sp³-hybridized carbons (Fsp3) is 0.842. The van der Waals surface area contributed by atoms with Gasteiger partial charge in [-0.25, -0.2) is 0 Å². The van der Waals surface area contributed by atoms with Gasteiger partial charge in [0.25, 0.3) is 0 Å². The summed E-state index contributed by atoms with van der Waals surface area (Å²) in [5.41, 5.74) is 4.31. The molecule has 11 atom stereocenters. The molecule has 7 nitrogen and oxygen atoms in total. The molecule has 1 saturated heterocycles. The van der Waals surface area contributed by atoms with Crippen LogP contribution in [0.4, 0.5) is 0 Å². The molecule has 1 aliphatic heterocycles. The van der Waals surface area contributed by atoms with Crippen molar-refractivity contribution in [2.75, 3.05) is 6.61 Å². The Morgan fingerprint density at radius 3 is 2.29 bits per heavy atom. The maximum atomic E-state index is 14.1. The molecule has 5 rings (SSSR count). The van der Waals surface area contributed by atoms with Gasteiger partial charge >= 0.3 is 5.97 Å². The van der Waals surface area contributed by atoms with Crippen molar-refractivity contribution in [3.63, 3.8) is 0 Å². The van der Waals surface area contributed by atoms with Crippen LogP contribution in [0.25, 0.3) is 0 Å². The van der Waals surface area contributed by atoms with E-state index in [4.69, 9.17) is 9.47 Å². The standard InChI is InChI=1S/C38H60O7/c1-21(2)22(3)10-11-24(33(43)45-34-32(42)31(41)29(40)20-44-34)26-15-18-38(9)28-12-13-30-35(5,6)25(23(4)39)14-17-36(30,7)27(28)16-19-37(26,38)8/h21,24-26,29-32,34,40-42H,3,10-20H2,1-2,4-9H3/t24-,25+,26-,29-,30+,31+,32-,34+,36-,37-,38+/m1/s1. The number of ketones is 1. The number of hydrogen-bond acceptors (Lipinski definition) is 7. The minimum Gasteiger partial charge on any atom is -0.433 e. The van der Waals surface area contributed by atoms with Crippen LogP contribution in [0, 0.1) is 51.2 Å². The molecule has 0 aromatic rings. The number of esters is 1. The van der Waals surface area contributed by atoms with Gasteiger partial charge in [-0.2, -0.15) is 0 Å². The lowest BCUT2D eigenvalue weighted by Gasteiger charge is -2.62. The van der Waals surface area contributed by atoms with E-state index in [0.29, 0.717) is 24.0 Å². The first-order valence-corrected chi connectivity index (χ1v) is 17.7. The zero-order valence-electron chi connectivity index (χ0n) is 29.2. The first-order chi connectivity index (χ1) is 20.9. The summed E-state index contributed by atoms with van der Waals surface area (Å²) in [4.78, 5) is 26.8. The Hall–Kier alpha value is -1.54. The maximum absolute atomic E-state index is 14.1. The lowest BCUT2D eigenvalue weighted by Crippen LogP contribution is -2.55. The number of aliphatic hydroxyl groups excluding tert-OH is 3.